The number of nitrogens with zero attached hydrogens (tertiary/aromatic N) is 1. The van der Waals surface area contributed by atoms with Gasteiger partial charge in [0, 0.05) is 12.2 Å². The molecular formula is C15H21NO. The third-order valence-corrected chi connectivity index (χ3v) is 3.63. The van der Waals surface area contributed by atoms with Gasteiger partial charge in [0.05, 0.1) is 5.41 Å². The van der Waals surface area contributed by atoms with Crippen LogP contribution in [0.2, 0.25) is 0 Å². The monoisotopic (exact) mass is 231 g/mol. The fourth-order valence-corrected chi connectivity index (χ4v) is 2.49. The average Bonchev–Trinajstić information content (AvgIpc) is 2.45. The van der Waals surface area contributed by atoms with Gasteiger partial charge in [-0.05, 0) is 44.4 Å². The Balaban J connectivity index is 2.45. The number of fused-ring (bicyclic) bond motifs is 1. The van der Waals surface area contributed by atoms with Crippen LogP contribution in [-0.4, -0.2) is 12.5 Å². The number of amides is 1. The highest BCUT2D eigenvalue weighted by Gasteiger charge is 2.43. The van der Waals surface area contributed by atoms with Crippen molar-refractivity contribution in [2.24, 2.45) is 0 Å². The van der Waals surface area contributed by atoms with Crippen molar-refractivity contribution in [3.63, 3.8) is 0 Å². The van der Waals surface area contributed by atoms with Gasteiger partial charge in [0.2, 0.25) is 5.91 Å². The Hall–Kier alpha value is -1.31. The molecule has 0 fully saturated rings. The van der Waals surface area contributed by atoms with E-state index in [2.05, 4.69) is 32.0 Å². The van der Waals surface area contributed by atoms with Crippen LogP contribution in [0.1, 0.15) is 44.7 Å². The molecule has 1 aromatic rings. The Labute approximate surface area is 104 Å². The Bertz CT molecular complexity index is 448. The van der Waals surface area contributed by atoms with Crippen molar-refractivity contribution < 1.29 is 4.79 Å². The largest absolute Gasteiger partial charge is 0.311 e. The fraction of sp³-hybridized carbons (Fsp3) is 0.533. The molecule has 1 aromatic carbocycles. The summed E-state index contributed by atoms with van der Waals surface area (Å²) in [5.41, 5.74) is 3.14. The quantitative estimate of drug-likeness (QED) is 0.780. The molecule has 2 heteroatoms. The fourth-order valence-electron chi connectivity index (χ4n) is 2.49. The van der Waals surface area contributed by atoms with Crippen LogP contribution in [0.4, 0.5) is 5.69 Å². The van der Waals surface area contributed by atoms with Gasteiger partial charge in [0.25, 0.3) is 0 Å². The van der Waals surface area contributed by atoms with E-state index >= 15 is 0 Å². The molecule has 2 nitrogen and oxygen atoms in total. The average molecular weight is 231 g/mol. The Morgan fingerprint density at radius 2 is 2.00 bits per heavy atom. The first-order valence-corrected chi connectivity index (χ1v) is 6.41. The van der Waals surface area contributed by atoms with Crippen LogP contribution < -0.4 is 4.90 Å². The molecule has 0 spiro atoms. The molecule has 1 aliphatic heterocycles. The molecule has 17 heavy (non-hydrogen) atoms. The van der Waals surface area contributed by atoms with E-state index in [9.17, 15) is 4.79 Å². The minimum Gasteiger partial charge on any atom is -0.311 e. The number of anilines is 1. The topological polar surface area (TPSA) is 20.3 Å². The third kappa shape index (κ3) is 1.86. The molecule has 92 valence electrons. The smallest absolute Gasteiger partial charge is 0.237 e. The molecule has 1 aliphatic rings. The number of benzene rings is 1. The van der Waals surface area contributed by atoms with E-state index in [4.69, 9.17) is 0 Å². The Morgan fingerprint density at radius 3 is 2.65 bits per heavy atom. The summed E-state index contributed by atoms with van der Waals surface area (Å²) in [5.74, 6) is 0.242. The molecule has 2 rings (SSSR count). The third-order valence-electron chi connectivity index (χ3n) is 3.63. The van der Waals surface area contributed by atoms with Gasteiger partial charge in [-0.1, -0.05) is 25.5 Å². The number of aryl methyl sites for hydroxylation is 1. The zero-order valence-corrected chi connectivity index (χ0v) is 11.2. The van der Waals surface area contributed by atoms with Crippen molar-refractivity contribution in [3.8, 4) is 0 Å². The van der Waals surface area contributed by atoms with Gasteiger partial charge in [-0.15, -0.1) is 0 Å². The molecular weight excluding hydrogens is 210 g/mol. The standard InChI is InChI=1S/C15H21NO/c1-5-6-9-16-13-10-11(2)7-8-12(13)15(3,4)14(16)17/h7-8,10H,5-6,9H2,1-4H3. The maximum atomic E-state index is 12.4. The number of carbonyl (C=O) groups excluding carboxylic acids is 1. The van der Waals surface area contributed by atoms with Crippen LogP contribution >= 0.6 is 0 Å². The summed E-state index contributed by atoms with van der Waals surface area (Å²) >= 11 is 0. The van der Waals surface area contributed by atoms with E-state index in [1.165, 1.54) is 11.1 Å². The van der Waals surface area contributed by atoms with Crippen LogP contribution in [0.5, 0.6) is 0 Å². The lowest BCUT2D eigenvalue weighted by Gasteiger charge is -2.20. The zero-order chi connectivity index (χ0) is 12.6. The molecule has 0 N–H and O–H groups in total. The summed E-state index contributed by atoms with van der Waals surface area (Å²) in [7, 11) is 0. The van der Waals surface area contributed by atoms with Gasteiger partial charge in [0.1, 0.15) is 0 Å². The molecule has 0 bridgehead atoms. The highest BCUT2D eigenvalue weighted by Crippen LogP contribution is 2.41. The number of hydrogen-bond acceptors (Lipinski definition) is 1. The number of unbranched alkanes of at least 4 members (excludes halogenated alkanes) is 1. The van der Waals surface area contributed by atoms with E-state index in [0.717, 1.165) is 25.1 Å². The predicted octanol–water partition coefficient (Wildman–Crippen LogP) is 3.42. The van der Waals surface area contributed by atoms with Crippen LogP contribution in [0.3, 0.4) is 0 Å². The maximum absolute atomic E-state index is 12.4. The molecule has 0 radical (unpaired) electrons. The molecule has 0 aromatic heterocycles. The minimum atomic E-state index is -0.364. The summed E-state index contributed by atoms with van der Waals surface area (Å²) in [5, 5.41) is 0. The van der Waals surface area contributed by atoms with Crippen molar-refractivity contribution in [2.75, 3.05) is 11.4 Å². The predicted molar refractivity (Wildman–Crippen MR) is 71.5 cm³/mol. The van der Waals surface area contributed by atoms with E-state index < -0.39 is 0 Å². The van der Waals surface area contributed by atoms with Crippen molar-refractivity contribution >= 4 is 11.6 Å². The van der Waals surface area contributed by atoms with Crippen LogP contribution in [-0.2, 0) is 10.2 Å². The molecule has 1 amide bonds. The second kappa shape index (κ2) is 4.17. The summed E-state index contributed by atoms with van der Waals surface area (Å²) in [6, 6.07) is 6.34. The van der Waals surface area contributed by atoms with Crippen molar-refractivity contribution in [1.82, 2.24) is 0 Å². The highest BCUT2D eigenvalue weighted by molar-refractivity contribution is 6.07. The summed E-state index contributed by atoms with van der Waals surface area (Å²) in [6.07, 6.45) is 2.18. The van der Waals surface area contributed by atoms with Crippen LogP contribution in [0.25, 0.3) is 0 Å². The van der Waals surface area contributed by atoms with Gasteiger partial charge < -0.3 is 4.90 Å². The second-order valence-corrected chi connectivity index (χ2v) is 5.46. The minimum absolute atomic E-state index is 0.242. The number of hydrogen-bond donors (Lipinski definition) is 0. The first-order valence-electron chi connectivity index (χ1n) is 6.41. The van der Waals surface area contributed by atoms with Crippen LogP contribution in [0.15, 0.2) is 18.2 Å². The molecule has 0 atom stereocenters. The van der Waals surface area contributed by atoms with Crippen molar-refractivity contribution in [3.05, 3.63) is 29.3 Å². The van der Waals surface area contributed by atoms with E-state index in [0.29, 0.717) is 0 Å². The van der Waals surface area contributed by atoms with Gasteiger partial charge in [-0.2, -0.15) is 0 Å². The molecule has 0 saturated heterocycles. The SMILES string of the molecule is CCCCN1C(=O)C(C)(C)c2ccc(C)cc21. The normalized spacial score (nSPS) is 17.4. The van der Waals surface area contributed by atoms with Gasteiger partial charge >= 0.3 is 0 Å². The van der Waals surface area contributed by atoms with E-state index in [-0.39, 0.29) is 11.3 Å². The first-order chi connectivity index (χ1) is 7.98. The second-order valence-electron chi connectivity index (χ2n) is 5.46. The molecule has 0 saturated carbocycles. The lowest BCUT2D eigenvalue weighted by atomic mass is 9.86. The molecule has 0 aliphatic carbocycles. The summed E-state index contributed by atoms with van der Waals surface area (Å²) in [6.45, 7) is 9.12. The zero-order valence-electron chi connectivity index (χ0n) is 11.2. The maximum Gasteiger partial charge on any atom is 0.237 e. The highest BCUT2D eigenvalue weighted by atomic mass is 16.2. The first kappa shape index (κ1) is 12.2. The summed E-state index contributed by atoms with van der Waals surface area (Å²) in [4.78, 5) is 14.4. The Kier molecular flexibility index (Phi) is 2.98. The van der Waals surface area contributed by atoms with Gasteiger partial charge in [-0.3, -0.25) is 4.79 Å². The lowest BCUT2D eigenvalue weighted by Crippen LogP contribution is -2.36. The lowest BCUT2D eigenvalue weighted by molar-refractivity contribution is -0.122. The van der Waals surface area contributed by atoms with Crippen molar-refractivity contribution in [1.29, 1.82) is 0 Å². The summed E-state index contributed by atoms with van der Waals surface area (Å²) < 4.78 is 0. The van der Waals surface area contributed by atoms with E-state index in [1.54, 1.807) is 0 Å². The van der Waals surface area contributed by atoms with Gasteiger partial charge in [-0.25, -0.2) is 0 Å². The number of carbonyl (C=O) groups is 1. The van der Waals surface area contributed by atoms with Crippen molar-refractivity contribution in [2.45, 2.75) is 46.0 Å². The van der Waals surface area contributed by atoms with Crippen LogP contribution in [0, 0.1) is 6.92 Å². The van der Waals surface area contributed by atoms with Gasteiger partial charge in [0.15, 0.2) is 0 Å². The van der Waals surface area contributed by atoms with E-state index in [1.807, 2.05) is 18.7 Å². The number of rotatable bonds is 3. The molecule has 1 heterocycles. The molecule has 0 unspecified atom stereocenters. The Morgan fingerprint density at radius 1 is 1.29 bits per heavy atom.